The van der Waals surface area contributed by atoms with Crippen LogP contribution in [0.1, 0.15) is 15.9 Å². The molecule has 6 heteroatoms. The van der Waals surface area contributed by atoms with E-state index in [1.807, 2.05) is 6.07 Å². The first-order valence-electron chi connectivity index (χ1n) is 5.94. The zero-order valence-corrected chi connectivity index (χ0v) is 13.3. The van der Waals surface area contributed by atoms with Gasteiger partial charge in [-0.05, 0) is 23.8 Å². The lowest BCUT2D eigenvalue weighted by molar-refractivity contribution is 0.112. The molecule has 2 aromatic rings. The van der Waals surface area contributed by atoms with Gasteiger partial charge in [0.15, 0.2) is 17.8 Å². The fourth-order valence-electron chi connectivity index (χ4n) is 1.70. The molecule has 2 aromatic carbocycles. The third-order valence-electron chi connectivity index (χ3n) is 2.79. The Morgan fingerprint density at radius 3 is 2.38 bits per heavy atom. The predicted molar refractivity (Wildman–Crippen MR) is 84.2 cm³/mol. The Kier molecular flexibility index (Phi) is 5.34. The second-order valence-electron chi connectivity index (χ2n) is 4.18. The molecular weight excluding hydrogens is 335 g/mol. The average Bonchev–Trinajstić information content (AvgIpc) is 2.48. The molecular formula is C15H11Cl3O3. The topological polar surface area (TPSA) is 35.5 Å². The number of methoxy groups -OCH3 is 1. The summed E-state index contributed by atoms with van der Waals surface area (Å²) in [6.45, 7) is 0.268. The molecule has 0 bridgehead atoms. The van der Waals surface area contributed by atoms with Crippen molar-refractivity contribution in [3.8, 4) is 11.5 Å². The summed E-state index contributed by atoms with van der Waals surface area (Å²) < 4.78 is 10.8. The fourth-order valence-corrected chi connectivity index (χ4v) is 2.22. The molecule has 0 spiro atoms. The van der Waals surface area contributed by atoms with Crippen LogP contribution >= 0.6 is 34.8 Å². The maximum absolute atomic E-state index is 10.8. The van der Waals surface area contributed by atoms with Crippen LogP contribution < -0.4 is 9.47 Å². The molecule has 3 nitrogen and oxygen atoms in total. The summed E-state index contributed by atoms with van der Waals surface area (Å²) in [4.78, 5) is 10.8. The van der Waals surface area contributed by atoms with Gasteiger partial charge < -0.3 is 9.47 Å². The van der Waals surface area contributed by atoms with Crippen molar-refractivity contribution < 1.29 is 14.3 Å². The van der Waals surface area contributed by atoms with Gasteiger partial charge in [0.2, 0.25) is 0 Å². The maximum atomic E-state index is 10.8. The summed E-state index contributed by atoms with van der Waals surface area (Å²) in [7, 11) is 1.49. The average molecular weight is 346 g/mol. The number of rotatable bonds is 5. The maximum Gasteiger partial charge on any atom is 0.163 e. The molecule has 0 heterocycles. The van der Waals surface area contributed by atoms with E-state index in [0.717, 1.165) is 5.56 Å². The van der Waals surface area contributed by atoms with Gasteiger partial charge in [0.25, 0.3) is 0 Å². The zero-order chi connectivity index (χ0) is 15.4. The SMILES string of the molecule is COc1cc(C=O)c(Cl)cc1OCc1ccc(Cl)c(Cl)c1. The van der Waals surface area contributed by atoms with E-state index in [-0.39, 0.29) is 6.61 Å². The summed E-state index contributed by atoms with van der Waals surface area (Å²) in [6.07, 6.45) is 0.660. The summed E-state index contributed by atoms with van der Waals surface area (Å²) in [6, 6.07) is 8.29. The molecule has 0 aliphatic heterocycles. The molecule has 21 heavy (non-hydrogen) atoms. The summed E-state index contributed by atoms with van der Waals surface area (Å²) in [5.41, 5.74) is 1.19. The molecule has 110 valence electrons. The van der Waals surface area contributed by atoms with E-state index in [0.29, 0.717) is 38.4 Å². The van der Waals surface area contributed by atoms with Gasteiger partial charge in [-0.15, -0.1) is 0 Å². The van der Waals surface area contributed by atoms with E-state index in [2.05, 4.69) is 0 Å². The number of carbonyl (C=O) groups excluding carboxylic acids is 1. The number of aldehydes is 1. The molecule has 0 aliphatic rings. The van der Waals surface area contributed by atoms with Gasteiger partial charge in [-0.3, -0.25) is 4.79 Å². The molecule has 0 unspecified atom stereocenters. The number of carbonyl (C=O) groups is 1. The molecule has 0 amide bonds. The van der Waals surface area contributed by atoms with Crippen LogP contribution in [-0.2, 0) is 6.61 Å². The van der Waals surface area contributed by atoms with Crippen molar-refractivity contribution in [1.82, 2.24) is 0 Å². The standard InChI is InChI=1S/C15H11Cl3O3/c1-20-14-5-10(7-19)12(17)6-15(14)21-8-9-2-3-11(16)13(18)4-9/h2-7H,8H2,1H3. The van der Waals surface area contributed by atoms with Crippen molar-refractivity contribution in [2.45, 2.75) is 6.61 Å². The first-order chi connectivity index (χ1) is 10.0. The van der Waals surface area contributed by atoms with Crippen molar-refractivity contribution in [2.75, 3.05) is 7.11 Å². The van der Waals surface area contributed by atoms with Crippen LogP contribution in [-0.4, -0.2) is 13.4 Å². The highest BCUT2D eigenvalue weighted by Crippen LogP contribution is 2.33. The highest BCUT2D eigenvalue weighted by Gasteiger charge is 2.10. The molecule has 0 saturated carbocycles. The van der Waals surface area contributed by atoms with Gasteiger partial charge in [0.1, 0.15) is 6.61 Å². The summed E-state index contributed by atoms with van der Waals surface area (Å²) >= 11 is 17.8. The highest BCUT2D eigenvalue weighted by atomic mass is 35.5. The van der Waals surface area contributed by atoms with Crippen molar-refractivity contribution in [3.63, 3.8) is 0 Å². The first kappa shape index (κ1) is 16.0. The molecule has 0 atom stereocenters. The van der Waals surface area contributed by atoms with Crippen LogP contribution in [0.5, 0.6) is 11.5 Å². The van der Waals surface area contributed by atoms with E-state index in [1.165, 1.54) is 13.2 Å². The number of halogens is 3. The van der Waals surface area contributed by atoms with Gasteiger partial charge in [-0.1, -0.05) is 40.9 Å². The Balaban J connectivity index is 2.21. The van der Waals surface area contributed by atoms with Crippen LogP contribution in [0.4, 0.5) is 0 Å². The minimum atomic E-state index is 0.268. The molecule has 0 radical (unpaired) electrons. The molecule has 0 aliphatic carbocycles. The zero-order valence-electron chi connectivity index (χ0n) is 11.0. The second-order valence-corrected chi connectivity index (χ2v) is 5.40. The lowest BCUT2D eigenvalue weighted by Gasteiger charge is -2.12. The van der Waals surface area contributed by atoms with Gasteiger partial charge >= 0.3 is 0 Å². The molecule has 0 aromatic heterocycles. The summed E-state index contributed by atoms with van der Waals surface area (Å²) in [5.74, 6) is 0.876. The van der Waals surface area contributed by atoms with Gasteiger partial charge in [-0.2, -0.15) is 0 Å². The minimum absolute atomic E-state index is 0.268. The van der Waals surface area contributed by atoms with Crippen LogP contribution in [0.2, 0.25) is 15.1 Å². The second kappa shape index (κ2) is 7.03. The number of hydrogen-bond donors (Lipinski definition) is 0. The third kappa shape index (κ3) is 3.82. The highest BCUT2D eigenvalue weighted by molar-refractivity contribution is 6.42. The van der Waals surface area contributed by atoms with E-state index >= 15 is 0 Å². The van der Waals surface area contributed by atoms with E-state index in [4.69, 9.17) is 44.3 Å². The predicted octanol–water partition coefficient (Wildman–Crippen LogP) is 5.05. The Bertz CT molecular complexity index is 671. The fraction of sp³-hybridized carbons (Fsp3) is 0.133. The Morgan fingerprint density at radius 2 is 1.76 bits per heavy atom. The van der Waals surface area contributed by atoms with Crippen LogP contribution in [0.15, 0.2) is 30.3 Å². The molecule has 2 rings (SSSR count). The third-order valence-corrected chi connectivity index (χ3v) is 3.85. The van der Waals surface area contributed by atoms with Crippen molar-refractivity contribution in [3.05, 3.63) is 56.5 Å². The molecule has 0 N–H and O–H groups in total. The van der Waals surface area contributed by atoms with E-state index in [9.17, 15) is 4.79 Å². The molecule has 0 fully saturated rings. The normalized spacial score (nSPS) is 10.3. The monoisotopic (exact) mass is 344 g/mol. The van der Waals surface area contributed by atoms with Crippen LogP contribution in [0, 0.1) is 0 Å². The Morgan fingerprint density at radius 1 is 1.00 bits per heavy atom. The van der Waals surface area contributed by atoms with E-state index in [1.54, 1.807) is 18.2 Å². The van der Waals surface area contributed by atoms with Crippen molar-refractivity contribution in [2.24, 2.45) is 0 Å². The van der Waals surface area contributed by atoms with Crippen molar-refractivity contribution >= 4 is 41.1 Å². The largest absolute Gasteiger partial charge is 0.493 e. The van der Waals surface area contributed by atoms with Gasteiger partial charge in [0.05, 0.1) is 22.2 Å². The lowest BCUT2D eigenvalue weighted by atomic mass is 10.2. The van der Waals surface area contributed by atoms with Gasteiger partial charge in [0, 0.05) is 11.6 Å². The van der Waals surface area contributed by atoms with Crippen LogP contribution in [0.25, 0.3) is 0 Å². The lowest BCUT2D eigenvalue weighted by Crippen LogP contribution is -1.99. The number of benzene rings is 2. The Labute approximate surface area is 137 Å². The summed E-state index contributed by atoms with van der Waals surface area (Å²) in [5, 5.41) is 1.24. The minimum Gasteiger partial charge on any atom is -0.493 e. The molecule has 0 saturated heterocycles. The number of hydrogen-bond acceptors (Lipinski definition) is 3. The van der Waals surface area contributed by atoms with Crippen molar-refractivity contribution in [1.29, 1.82) is 0 Å². The van der Waals surface area contributed by atoms with Crippen LogP contribution in [0.3, 0.4) is 0 Å². The van der Waals surface area contributed by atoms with E-state index < -0.39 is 0 Å². The quantitative estimate of drug-likeness (QED) is 0.712. The first-order valence-corrected chi connectivity index (χ1v) is 7.08. The Hall–Kier alpha value is -1.42. The van der Waals surface area contributed by atoms with Gasteiger partial charge in [-0.25, -0.2) is 0 Å². The number of ether oxygens (including phenoxy) is 2. The smallest absolute Gasteiger partial charge is 0.163 e.